The van der Waals surface area contributed by atoms with Crippen LogP contribution in [0.15, 0.2) is 18.2 Å². The van der Waals surface area contributed by atoms with Gasteiger partial charge in [0.2, 0.25) is 0 Å². The molecule has 1 N–H and O–H groups in total. The van der Waals surface area contributed by atoms with E-state index in [2.05, 4.69) is 51.2 Å². The van der Waals surface area contributed by atoms with Crippen LogP contribution < -0.4 is 5.32 Å². The fourth-order valence-corrected chi connectivity index (χ4v) is 3.08. The molecule has 1 nitrogen and oxygen atoms in total. The molecule has 1 aromatic rings. The smallest absolute Gasteiger partial charge is 0.0437 e. The van der Waals surface area contributed by atoms with Crippen LogP contribution >= 0.6 is 0 Å². The Labute approximate surface area is 106 Å². The molecule has 1 fully saturated rings. The maximum absolute atomic E-state index is 3.76. The molecule has 0 aromatic heterocycles. The molecule has 1 aromatic carbocycles. The first-order valence-electron chi connectivity index (χ1n) is 6.86. The molecule has 1 heteroatoms. The van der Waals surface area contributed by atoms with Crippen molar-refractivity contribution < 1.29 is 0 Å². The quantitative estimate of drug-likeness (QED) is 0.831. The highest BCUT2D eigenvalue weighted by molar-refractivity contribution is 5.35. The van der Waals surface area contributed by atoms with E-state index < -0.39 is 0 Å². The topological polar surface area (TPSA) is 12.0 Å². The van der Waals surface area contributed by atoms with Gasteiger partial charge in [-0.15, -0.1) is 0 Å². The van der Waals surface area contributed by atoms with Gasteiger partial charge in [0.05, 0.1) is 0 Å². The van der Waals surface area contributed by atoms with Gasteiger partial charge in [0.15, 0.2) is 0 Å². The lowest BCUT2D eigenvalue weighted by Gasteiger charge is -2.32. The second-order valence-electron chi connectivity index (χ2n) is 6.01. The second-order valence-corrected chi connectivity index (χ2v) is 6.01. The van der Waals surface area contributed by atoms with Gasteiger partial charge < -0.3 is 5.32 Å². The Morgan fingerprint density at radius 1 is 1.24 bits per heavy atom. The molecule has 2 rings (SSSR count). The van der Waals surface area contributed by atoms with E-state index in [0.717, 1.165) is 5.92 Å². The van der Waals surface area contributed by atoms with Gasteiger partial charge >= 0.3 is 0 Å². The van der Waals surface area contributed by atoms with Gasteiger partial charge in [0, 0.05) is 5.54 Å². The Kier molecular flexibility index (Phi) is 3.58. The normalized spacial score (nSPS) is 24.5. The first kappa shape index (κ1) is 12.6. The van der Waals surface area contributed by atoms with Crippen LogP contribution in [0.4, 0.5) is 0 Å². The highest BCUT2D eigenvalue weighted by Gasteiger charge is 2.35. The Morgan fingerprint density at radius 3 is 2.53 bits per heavy atom. The molecule has 1 aliphatic heterocycles. The lowest BCUT2D eigenvalue weighted by Crippen LogP contribution is -2.38. The standard InChI is InChI=1S/C16H25N/c1-12(2)11-16(8-5-9-17-16)15-7-6-13(3)14(4)10-15/h6-7,10,12,17H,5,8-9,11H2,1-4H3. The third-order valence-electron chi connectivity index (χ3n) is 4.06. The molecule has 0 bridgehead atoms. The summed E-state index contributed by atoms with van der Waals surface area (Å²) in [7, 11) is 0. The van der Waals surface area contributed by atoms with Crippen molar-refractivity contribution in [3.8, 4) is 0 Å². The highest BCUT2D eigenvalue weighted by Crippen LogP contribution is 2.37. The van der Waals surface area contributed by atoms with Crippen LogP contribution in [-0.2, 0) is 5.54 Å². The summed E-state index contributed by atoms with van der Waals surface area (Å²) in [5.41, 5.74) is 4.55. The average molecular weight is 231 g/mol. The SMILES string of the molecule is Cc1ccc(C2(CC(C)C)CCCN2)cc1C. The van der Waals surface area contributed by atoms with Crippen LogP contribution in [0.25, 0.3) is 0 Å². The maximum atomic E-state index is 3.76. The van der Waals surface area contributed by atoms with Gasteiger partial charge in [-0.25, -0.2) is 0 Å². The van der Waals surface area contributed by atoms with Gasteiger partial charge in [0.25, 0.3) is 0 Å². The minimum atomic E-state index is 0.243. The molecule has 1 aliphatic rings. The molecule has 1 unspecified atom stereocenters. The Balaban J connectivity index is 2.35. The van der Waals surface area contributed by atoms with Crippen molar-refractivity contribution in [1.82, 2.24) is 5.32 Å². The van der Waals surface area contributed by atoms with E-state index in [1.165, 1.54) is 42.5 Å². The number of nitrogens with one attached hydrogen (secondary N) is 1. The summed E-state index contributed by atoms with van der Waals surface area (Å²) >= 11 is 0. The molecule has 0 amide bonds. The summed E-state index contributed by atoms with van der Waals surface area (Å²) in [6.07, 6.45) is 3.84. The van der Waals surface area contributed by atoms with E-state index in [1.54, 1.807) is 0 Å². The fourth-order valence-electron chi connectivity index (χ4n) is 3.08. The minimum Gasteiger partial charge on any atom is -0.307 e. The second kappa shape index (κ2) is 4.81. The molecule has 0 radical (unpaired) electrons. The number of benzene rings is 1. The first-order valence-corrected chi connectivity index (χ1v) is 6.86. The summed E-state index contributed by atoms with van der Waals surface area (Å²) < 4.78 is 0. The van der Waals surface area contributed by atoms with E-state index >= 15 is 0 Å². The van der Waals surface area contributed by atoms with Crippen molar-refractivity contribution >= 4 is 0 Å². The van der Waals surface area contributed by atoms with Crippen LogP contribution in [0.1, 0.15) is 49.8 Å². The summed E-state index contributed by atoms with van der Waals surface area (Å²) in [6.45, 7) is 10.2. The zero-order chi connectivity index (χ0) is 12.5. The van der Waals surface area contributed by atoms with Crippen molar-refractivity contribution in [1.29, 1.82) is 0 Å². The lowest BCUT2D eigenvalue weighted by molar-refractivity contribution is 0.311. The van der Waals surface area contributed by atoms with Crippen molar-refractivity contribution in [2.24, 2.45) is 5.92 Å². The van der Waals surface area contributed by atoms with Crippen molar-refractivity contribution in [2.45, 2.75) is 52.5 Å². The minimum absolute atomic E-state index is 0.243. The summed E-state index contributed by atoms with van der Waals surface area (Å²) in [5, 5.41) is 3.76. The largest absolute Gasteiger partial charge is 0.307 e. The van der Waals surface area contributed by atoms with Crippen LogP contribution in [0, 0.1) is 19.8 Å². The van der Waals surface area contributed by atoms with Crippen LogP contribution in [0.2, 0.25) is 0 Å². The zero-order valence-electron chi connectivity index (χ0n) is 11.6. The average Bonchev–Trinajstić information content (AvgIpc) is 2.70. The molecule has 0 aliphatic carbocycles. The van der Waals surface area contributed by atoms with Crippen LogP contribution in [0.3, 0.4) is 0 Å². The number of aryl methyl sites for hydroxylation is 2. The summed E-state index contributed by atoms with van der Waals surface area (Å²) in [4.78, 5) is 0. The van der Waals surface area contributed by atoms with E-state index in [0.29, 0.717) is 0 Å². The number of hydrogen-bond donors (Lipinski definition) is 1. The van der Waals surface area contributed by atoms with E-state index in [1.807, 2.05) is 0 Å². The summed E-state index contributed by atoms with van der Waals surface area (Å²) in [5.74, 6) is 0.738. The Bertz CT molecular complexity index is 387. The molecule has 1 heterocycles. The maximum Gasteiger partial charge on any atom is 0.0437 e. The van der Waals surface area contributed by atoms with Crippen LogP contribution in [-0.4, -0.2) is 6.54 Å². The molecule has 17 heavy (non-hydrogen) atoms. The molecule has 0 spiro atoms. The third kappa shape index (κ3) is 2.55. The van der Waals surface area contributed by atoms with E-state index in [9.17, 15) is 0 Å². The van der Waals surface area contributed by atoms with Gasteiger partial charge in [-0.2, -0.15) is 0 Å². The summed E-state index contributed by atoms with van der Waals surface area (Å²) in [6, 6.07) is 6.98. The van der Waals surface area contributed by atoms with Gasteiger partial charge in [0.1, 0.15) is 0 Å². The zero-order valence-corrected chi connectivity index (χ0v) is 11.6. The lowest BCUT2D eigenvalue weighted by atomic mass is 9.80. The third-order valence-corrected chi connectivity index (χ3v) is 4.06. The van der Waals surface area contributed by atoms with Gasteiger partial charge in [-0.3, -0.25) is 0 Å². The predicted molar refractivity (Wildman–Crippen MR) is 74.3 cm³/mol. The highest BCUT2D eigenvalue weighted by atomic mass is 15.0. The number of hydrogen-bond acceptors (Lipinski definition) is 1. The van der Waals surface area contributed by atoms with Crippen molar-refractivity contribution in [3.05, 3.63) is 34.9 Å². The fraction of sp³-hybridized carbons (Fsp3) is 0.625. The molecular weight excluding hydrogens is 206 g/mol. The van der Waals surface area contributed by atoms with Gasteiger partial charge in [-0.05, 0) is 62.3 Å². The van der Waals surface area contributed by atoms with Crippen molar-refractivity contribution in [2.75, 3.05) is 6.54 Å². The first-order chi connectivity index (χ1) is 8.03. The van der Waals surface area contributed by atoms with Gasteiger partial charge in [-0.1, -0.05) is 32.0 Å². The Morgan fingerprint density at radius 2 is 2.00 bits per heavy atom. The molecular formula is C16H25N. The Hall–Kier alpha value is -0.820. The molecule has 1 saturated heterocycles. The molecule has 0 saturated carbocycles. The van der Waals surface area contributed by atoms with E-state index in [4.69, 9.17) is 0 Å². The molecule has 1 atom stereocenters. The predicted octanol–water partition coefficient (Wildman–Crippen LogP) is 3.93. The van der Waals surface area contributed by atoms with Crippen molar-refractivity contribution in [3.63, 3.8) is 0 Å². The van der Waals surface area contributed by atoms with Crippen LogP contribution in [0.5, 0.6) is 0 Å². The molecule has 94 valence electrons. The number of rotatable bonds is 3. The van der Waals surface area contributed by atoms with E-state index in [-0.39, 0.29) is 5.54 Å². The monoisotopic (exact) mass is 231 g/mol.